The lowest BCUT2D eigenvalue weighted by atomic mass is 9.91. The van der Waals surface area contributed by atoms with Crippen molar-refractivity contribution in [3.63, 3.8) is 0 Å². The minimum atomic E-state index is -5.39. The highest BCUT2D eigenvalue weighted by molar-refractivity contribution is 6.24. The Kier molecular flexibility index (Phi) is 4.99. The van der Waals surface area contributed by atoms with Crippen molar-refractivity contribution >= 4 is 23.5 Å². The summed E-state index contributed by atoms with van der Waals surface area (Å²) < 4.78 is 49.6. The summed E-state index contributed by atoms with van der Waals surface area (Å²) in [6, 6.07) is 2.54. The first-order valence-electron chi connectivity index (χ1n) is 8.36. The maximum atomic E-state index is 13.5. The SMILES string of the molecule is COC(=O)[C@@](O)(c1ccc(N2C(=O)C3C=CC=CC3C2=O)c(OC)c1)C(F)(F)F. The number of ether oxygens (including phenoxy) is 2. The van der Waals surface area contributed by atoms with Gasteiger partial charge in [-0.1, -0.05) is 30.4 Å². The number of rotatable bonds is 4. The summed E-state index contributed by atoms with van der Waals surface area (Å²) in [5.41, 5.74) is -4.93. The van der Waals surface area contributed by atoms with Crippen molar-refractivity contribution in [1.29, 1.82) is 0 Å². The van der Waals surface area contributed by atoms with E-state index in [2.05, 4.69) is 4.74 Å². The Morgan fingerprint density at radius 2 is 1.62 bits per heavy atom. The normalized spacial score (nSPS) is 23.0. The van der Waals surface area contributed by atoms with Crippen molar-refractivity contribution in [2.75, 3.05) is 19.1 Å². The fourth-order valence-corrected chi connectivity index (χ4v) is 3.36. The van der Waals surface area contributed by atoms with Crippen molar-refractivity contribution in [3.8, 4) is 5.75 Å². The Labute approximate surface area is 163 Å². The zero-order chi connectivity index (χ0) is 21.6. The maximum absolute atomic E-state index is 13.5. The standard InChI is InChI=1S/C19H16F3NO6/c1-28-14-9-10(18(27,17(26)29-2)19(20,21)22)7-8-13(14)23-15(24)11-5-3-4-6-12(11)16(23)25/h3-9,11-12,27H,1-2H3/t11?,12?,18-/m0/s1. The average molecular weight is 411 g/mol. The molecule has 1 saturated heterocycles. The van der Waals surface area contributed by atoms with Crippen molar-refractivity contribution in [2.45, 2.75) is 11.8 Å². The van der Waals surface area contributed by atoms with Crippen LogP contribution in [0.5, 0.6) is 5.75 Å². The highest BCUT2D eigenvalue weighted by Gasteiger charge is 2.62. The zero-order valence-corrected chi connectivity index (χ0v) is 15.3. The number of aliphatic hydroxyl groups is 1. The summed E-state index contributed by atoms with van der Waals surface area (Å²) >= 11 is 0. The number of anilines is 1. The number of alkyl halides is 3. The van der Waals surface area contributed by atoms with Crippen molar-refractivity contribution in [2.24, 2.45) is 11.8 Å². The summed E-state index contributed by atoms with van der Waals surface area (Å²) in [5, 5.41) is 10.1. The summed E-state index contributed by atoms with van der Waals surface area (Å²) in [6.45, 7) is 0. The van der Waals surface area contributed by atoms with E-state index in [0.29, 0.717) is 7.11 Å². The number of nitrogens with zero attached hydrogens (tertiary/aromatic N) is 1. The molecule has 0 saturated carbocycles. The summed E-state index contributed by atoms with van der Waals surface area (Å²) in [7, 11) is 1.82. The first-order chi connectivity index (χ1) is 13.6. The van der Waals surface area contributed by atoms with E-state index in [1.165, 1.54) is 0 Å². The van der Waals surface area contributed by atoms with Crippen LogP contribution in [0.2, 0.25) is 0 Å². The molecule has 1 fully saturated rings. The number of esters is 1. The minimum Gasteiger partial charge on any atom is -0.495 e. The monoisotopic (exact) mass is 411 g/mol. The van der Waals surface area contributed by atoms with Crippen LogP contribution in [-0.4, -0.2) is 43.3 Å². The lowest BCUT2D eigenvalue weighted by molar-refractivity contribution is -0.266. The predicted octanol–water partition coefficient (Wildman–Crippen LogP) is 1.85. The van der Waals surface area contributed by atoms with Gasteiger partial charge in [-0.25, -0.2) is 9.69 Å². The van der Waals surface area contributed by atoms with Gasteiger partial charge in [0.25, 0.3) is 5.60 Å². The molecule has 1 N–H and O–H groups in total. The maximum Gasteiger partial charge on any atom is 0.432 e. The molecule has 1 aromatic rings. The number of fused-ring (bicyclic) bond motifs is 1. The van der Waals surface area contributed by atoms with Crippen molar-refractivity contribution in [1.82, 2.24) is 0 Å². The van der Waals surface area contributed by atoms with Gasteiger partial charge in [0, 0.05) is 5.56 Å². The van der Waals surface area contributed by atoms with Gasteiger partial charge in [-0.3, -0.25) is 9.59 Å². The molecule has 1 heterocycles. The smallest absolute Gasteiger partial charge is 0.432 e. The molecule has 2 unspecified atom stereocenters. The quantitative estimate of drug-likeness (QED) is 0.601. The molecule has 2 amide bonds. The molecule has 29 heavy (non-hydrogen) atoms. The van der Waals surface area contributed by atoms with Crippen LogP contribution in [0.15, 0.2) is 42.5 Å². The second-order valence-corrected chi connectivity index (χ2v) is 6.42. The Bertz CT molecular complexity index is 908. The third-order valence-corrected chi connectivity index (χ3v) is 4.88. The largest absolute Gasteiger partial charge is 0.495 e. The molecule has 10 heteroatoms. The van der Waals surface area contributed by atoms with E-state index in [9.17, 15) is 32.7 Å². The molecule has 154 valence electrons. The number of allylic oxidation sites excluding steroid dienone is 2. The third kappa shape index (κ3) is 3.00. The minimum absolute atomic E-state index is 0.100. The summed E-state index contributed by atoms with van der Waals surface area (Å²) in [4.78, 5) is 37.9. The molecule has 1 aromatic carbocycles. The molecule has 1 aliphatic carbocycles. The average Bonchev–Trinajstić information content (AvgIpc) is 2.96. The van der Waals surface area contributed by atoms with Gasteiger partial charge >= 0.3 is 12.1 Å². The number of halogens is 3. The number of amides is 2. The number of hydrogen-bond donors (Lipinski definition) is 1. The van der Waals surface area contributed by atoms with Crippen LogP contribution < -0.4 is 9.64 Å². The Morgan fingerprint density at radius 3 is 2.07 bits per heavy atom. The molecule has 0 spiro atoms. The summed E-state index contributed by atoms with van der Waals surface area (Å²) in [6.07, 6.45) is 0.971. The lowest BCUT2D eigenvalue weighted by Gasteiger charge is -2.29. The second kappa shape index (κ2) is 7.03. The highest BCUT2D eigenvalue weighted by Crippen LogP contribution is 2.44. The Morgan fingerprint density at radius 1 is 1.07 bits per heavy atom. The van der Waals surface area contributed by atoms with Gasteiger partial charge < -0.3 is 14.6 Å². The molecule has 3 rings (SSSR count). The molecule has 0 radical (unpaired) electrons. The topological polar surface area (TPSA) is 93.1 Å². The molecule has 0 bridgehead atoms. The number of imide groups is 1. The van der Waals surface area contributed by atoms with Crippen LogP contribution in [0.1, 0.15) is 5.56 Å². The zero-order valence-electron chi connectivity index (χ0n) is 15.3. The van der Waals surface area contributed by atoms with E-state index in [1.54, 1.807) is 24.3 Å². The van der Waals surface area contributed by atoms with E-state index in [0.717, 1.165) is 30.2 Å². The third-order valence-electron chi connectivity index (χ3n) is 4.88. The number of carbonyl (C=O) groups excluding carboxylic acids is 3. The van der Waals surface area contributed by atoms with E-state index in [-0.39, 0.29) is 11.4 Å². The highest BCUT2D eigenvalue weighted by atomic mass is 19.4. The molecular formula is C19H16F3NO6. The van der Waals surface area contributed by atoms with Crippen LogP contribution in [-0.2, 0) is 24.7 Å². The molecule has 3 atom stereocenters. The van der Waals surface area contributed by atoms with Gasteiger partial charge in [0.1, 0.15) is 5.75 Å². The van der Waals surface area contributed by atoms with Gasteiger partial charge in [0.15, 0.2) is 0 Å². The Hall–Kier alpha value is -3.14. The van der Waals surface area contributed by atoms with Crippen LogP contribution in [0.3, 0.4) is 0 Å². The van der Waals surface area contributed by atoms with Crippen molar-refractivity contribution < 1.29 is 42.1 Å². The lowest BCUT2D eigenvalue weighted by Crippen LogP contribution is -2.49. The van der Waals surface area contributed by atoms with Crippen LogP contribution in [0, 0.1) is 11.8 Å². The molecule has 7 nitrogen and oxygen atoms in total. The van der Waals surface area contributed by atoms with E-state index < -0.39 is 47.0 Å². The van der Waals surface area contributed by atoms with Gasteiger partial charge in [0.05, 0.1) is 31.7 Å². The van der Waals surface area contributed by atoms with Gasteiger partial charge in [0.2, 0.25) is 11.8 Å². The molecule has 2 aliphatic rings. The number of hydrogen-bond acceptors (Lipinski definition) is 6. The second-order valence-electron chi connectivity index (χ2n) is 6.42. The predicted molar refractivity (Wildman–Crippen MR) is 92.7 cm³/mol. The van der Waals surface area contributed by atoms with Gasteiger partial charge in [-0.2, -0.15) is 13.2 Å². The number of carbonyl (C=O) groups is 3. The van der Waals surface area contributed by atoms with Crippen LogP contribution in [0.25, 0.3) is 0 Å². The molecular weight excluding hydrogens is 395 g/mol. The van der Waals surface area contributed by atoms with Crippen LogP contribution in [0.4, 0.5) is 18.9 Å². The first kappa shape index (κ1) is 20.6. The first-order valence-corrected chi connectivity index (χ1v) is 8.36. The number of benzene rings is 1. The van der Waals surface area contributed by atoms with Crippen molar-refractivity contribution in [3.05, 3.63) is 48.1 Å². The fourth-order valence-electron chi connectivity index (χ4n) is 3.36. The molecule has 0 aromatic heterocycles. The van der Waals surface area contributed by atoms with E-state index in [4.69, 9.17) is 4.74 Å². The van der Waals surface area contributed by atoms with Gasteiger partial charge in [-0.05, 0) is 12.1 Å². The van der Waals surface area contributed by atoms with E-state index >= 15 is 0 Å². The van der Waals surface area contributed by atoms with E-state index in [1.807, 2.05) is 0 Å². The number of methoxy groups -OCH3 is 2. The fraction of sp³-hybridized carbons (Fsp3) is 0.316. The Balaban J connectivity index is 2.10. The molecule has 1 aliphatic heterocycles. The summed E-state index contributed by atoms with van der Waals surface area (Å²) in [5.74, 6) is -4.81. The van der Waals surface area contributed by atoms with Gasteiger partial charge in [-0.15, -0.1) is 0 Å². The van der Waals surface area contributed by atoms with Crippen LogP contribution >= 0.6 is 0 Å².